The smallest absolute Gasteiger partial charge is 0.149 e. The fraction of sp³-hybridized carbons (Fsp3) is 0. The Bertz CT molecular complexity index is 963. The van der Waals surface area contributed by atoms with E-state index in [0.29, 0.717) is 5.69 Å². The standard InChI is InChI=1S/C21H15NO/c23-21-18-14-8-7-13-17(18)19(15-9-3-1-4-10-15)22-20(21)16-11-5-2-6-12-16/h1-14,23H. The fourth-order valence-corrected chi connectivity index (χ4v) is 2.86. The van der Waals surface area contributed by atoms with Gasteiger partial charge in [-0.25, -0.2) is 4.98 Å². The van der Waals surface area contributed by atoms with E-state index < -0.39 is 0 Å². The number of hydrogen-bond acceptors (Lipinski definition) is 2. The summed E-state index contributed by atoms with van der Waals surface area (Å²) in [5.74, 6) is 0.228. The number of fused-ring (bicyclic) bond motifs is 1. The number of pyridine rings is 1. The second-order valence-corrected chi connectivity index (χ2v) is 5.44. The molecule has 23 heavy (non-hydrogen) atoms. The molecule has 2 nitrogen and oxygen atoms in total. The van der Waals surface area contributed by atoms with Crippen LogP contribution in [-0.2, 0) is 0 Å². The van der Waals surface area contributed by atoms with Crippen LogP contribution in [0.1, 0.15) is 0 Å². The minimum absolute atomic E-state index is 0.228. The van der Waals surface area contributed by atoms with Crippen LogP contribution in [0.2, 0.25) is 0 Å². The van der Waals surface area contributed by atoms with Crippen molar-refractivity contribution in [2.24, 2.45) is 0 Å². The highest BCUT2D eigenvalue weighted by molar-refractivity contribution is 6.01. The third-order valence-electron chi connectivity index (χ3n) is 3.98. The van der Waals surface area contributed by atoms with E-state index >= 15 is 0 Å². The highest BCUT2D eigenvalue weighted by Crippen LogP contribution is 2.38. The van der Waals surface area contributed by atoms with Crippen LogP contribution in [0.15, 0.2) is 84.9 Å². The molecular weight excluding hydrogens is 282 g/mol. The van der Waals surface area contributed by atoms with Crippen LogP contribution >= 0.6 is 0 Å². The van der Waals surface area contributed by atoms with Gasteiger partial charge in [-0.05, 0) is 0 Å². The third kappa shape index (κ3) is 2.34. The first-order valence-corrected chi connectivity index (χ1v) is 7.57. The highest BCUT2D eigenvalue weighted by atomic mass is 16.3. The quantitative estimate of drug-likeness (QED) is 0.546. The zero-order chi connectivity index (χ0) is 15.6. The van der Waals surface area contributed by atoms with Gasteiger partial charge in [-0.15, -0.1) is 0 Å². The zero-order valence-corrected chi connectivity index (χ0v) is 12.5. The van der Waals surface area contributed by atoms with Crippen molar-refractivity contribution in [1.29, 1.82) is 0 Å². The summed E-state index contributed by atoms with van der Waals surface area (Å²) < 4.78 is 0. The molecule has 4 rings (SSSR count). The maximum absolute atomic E-state index is 10.7. The average Bonchev–Trinajstić information content (AvgIpc) is 2.64. The van der Waals surface area contributed by atoms with Crippen LogP contribution in [0.3, 0.4) is 0 Å². The van der Waals surface area contributed by atoms with Crippen molar-refractivity contribution in [1.82, 2.24) is 4.98 Å². The molecule has 2 heteroatoms. The molecule has 1 heterocycles. The first-order chi connectivity index (χ1) is 11.3. The molecule has 3 aromatic carbocycles. The Morgan fingerprint density at radius 2 is 1.00 bits per heavy atom. The molecule has 0 aliphatic rings. The highest BCUT2D eigenvalue weighted by Gasteiger charge is 2.15. The molecule has 0 unspecified atom stereocenters. The molecule has 110 valence electrons. The SMILES string of the molecule is Oc1c(-c2ccccc2)nc(-c2ccccc2)c2ccccc12. The predicted molar refractivity (Wildman–Crippen MR) is 94.3 cm³/mol. The Labute approximate surface area is 134 Å². The Morgan fingerprint density at radius 1 is 0.522 bits per heavy atom. The first kappa shape index (κ1) is 13.5. The zero-order valence-electron chi connectivity index (χ0n) is 12.5. The van der Waals surface area contributed by atoms with E-state index in [-0.39, 0.29) is 5.75 Å². The first-order valence-electron chi connectivity index (χ1n) is 7.57. The lowest BCUT2D eigenvalue weighted by Gasteiger charge is -2.12. The molecule has 0 radical (unpaired) electrons. The topological polar surface area (TPSA) is 33.1 Å². The summed E-state index contributed by atoms with van der Waals surface area (Å²) in [6.07, 6.45) is 0. The maximum Gasteiger partial charge on any atom is 0.149 e. The lowest BCUT2D eigenvalue weighted by molar-refractivity contribution is 0.481. The fourth-order valence-electron chi connectivity index (χ4n) is 2.86. The number of benzene rings is 3. The molecule has 0 atom stereocenters. The number of hydrogen-bond donors (Lipinski definition) is 1. The Hall–Kier alpha value is -3.13. The van der Waals surface area contributed by atoms with Gasteiger partial charge in [0, 0.05) is 21.9 Å². The van der Waals surface area contributed by atoms with E-state index in [0.717, 1.165) is 27.6 Å². The van der Waals surface area contributed by atoms with Gasteiger partial charge in [-0.1, -0.05) is 84.9 Å². The summed E-state index contributed by atoms with van der Waals surface area (Å²) in [4.78, 5) is 4.79. The Kier molecular flexibility index (Phi) is 3.28. The van der Waals surface area contributed by atoms with E-state index in [1.165, 1.54) is 0 Å². The van der Waals surface area contributed by atoms with E-state index in [4.69, 9.17) is 4.98 Å². The molecule has 0 saturated heterocycles. The van der Waals surface area contributed by atoms with E-state index in [1.54, 1.807) is 0 Å². The summed E-state index contributed by atoms with van der Waals surface area (Å²) in [5.41, 5.74) is 3.45. The molecule has 0 aliphatic heterocycles. The third-order valence-corrected chi connectivity index (χ3v) is 3.98. The van der Waals surface area contributed by atoms with Crippen molar-refractivity contribution in [3.8, 4) is 28.3 Å². The average molecular weight is 297 g/mol. The molecule has 0 bridgehead atoms. The molecule has 0 aliphatic carbocycles. The lowest BCUT2D eigenvalue weighted by Crippen LogP contribution is -1.92. The van der Waals surface area contributed by atoms with Crippen molar-refractivity contribution < 1.29 is 5.11 Å². The van der Waals surface area contributed by atoms with Gasteiger partial charge in [0.05, 0.1) is 5.69 Å². The van der Waals surface area contributed by atoms with Gasteiger partial charge in [-0.2, -0.15) is 0 Å². The molecule has 4 aromatic rings. The largest absolute Gasteiger partial charge is 0.505 e. The van der Waals surface area contributed by atoms with Crippen molar-refractivity contribution in [2.45, 2.75) is 0 Å². The van der Waals surface area contributed by atoms with Gasteiger partial charge in [0.25, 0.3) is 0 Å². The minimum atomic E-state index is 0.228. The molecule has 0 saturated carbocycles. The molecular formula is C21H15NO. The van der Waals surface area contributed by atoms with Crippen LogP contribution in [0.5, 0.6) is 5.75 Å². The molecule has 1 aromatic heterocycles. The van der Waals surface area contributed by atoms with Crippen LogP contribution < -0.4 is 0 Å². The maximum atomic E-state index is 10.7. The van der Waals surface area contributed by atoms with Gasteiger partial charge in [-0.3, -0.25) is 0 Å². The molecule has 0 fully saturated rings. The van der Waals surface area contributed by atoms with Gasteiger partial charge >= 0.3 is 0 Å². The van der Waals surface area contributed by atoms with Crippen molar-refractivity contribution >= 4 is 10.8 Å². The number of aromatic nitrogens is 1. The van der Waals surface area contributed by atoms with Crippen molar-refractivity contribution in [2.75, 3.05) is 0 Å². The second-order valence-electron chi connectivity index (χ2n) is 5.44. The number of rotatable bonds is 2. The summed E-state index contributed by atoms with van der Waals surface area (Å²) >= 11 is 0. The second kappa shape index (κ2) is 5.58. The van der Waals surface area contributed by atoms with Crippen LogP contribution in [0.4, 0.5) is 0 Å². The number of nitrogens with zero attached hydrogens (tertiary/aromatic N) is 1. The Morgan fingerprint density at radius 3 is 1.61 bits per heavy atom. The van der Waals surface area contributed by atoms with Crippen LogP contribution in [0.25, 0.3) is 33.3 Å². The van der Waals surface area contributed by atoms with Gasteiger partial charge in [0.1, 0.15) is 11.4 Å². The summed E-state index contributed by atoms with van der Waals surface area (Å²) in [6, 6.07) is 27.7. The van der Waals surface area contributed by atoms with Gasteiger partial charge in [0.15, 0.2) is 0 Å². The van der Waals surface area contributed by atoms with Crippen LogP contribution in [0, 0.1) is 0 Å². The normalized spacial score (nSPS) is 10.8. The monoisotopic (exact) mass is 297 g/mol. The van der Waals surface area contributed by atoms with E-state index in [2.05, 4.69) is 0 Å². The summed E-state index contributed by atoms with van der Waals surface area (Å²) in [7, 11) is 0. The lowest BCUT2D eigenvalue weighted by atomic mass is 10.00. The van der Waals surface area contributed by atoms with E-state index in [9.17, 15) is 5.11 Å². The van der Waals surface area contributed by atoms with Gasteiger partial charge < -0.3 is 5.11 Å². The summed E-state index contributed by atoms with van der Waals surface area (Å²) in [5, 5.41) is 12.5. The minimum Gasteiger partial charge on any atom is -0.505 e. The van der Waals surface area contributed by atoms with Crippen LogP contribution in [-0.4, -0.2) is 10.1 Å². The van der Waals surface area contributed by atoms with Gasteiger partial charge in [0.2, 0.25) is 0 Å². The Balaban J connectivity index is 2.08. The molecule has 0 spiro atoms. The molecule has 1 N–H and O–H groups in total. The van der Waals surface area contributed by atoms with E-state index in [1.807, 2.05) is 84.9 Å². The van der Waals surface area contributed by atoms with Crippen molar-refractivity contribution in [3.63, 3.8) is 0 Å². The molecule has 0 amide bonds. The number of aromatic hydroxyl groups is 1. The summed E-state index contributed by atoms with van der Waals surface area (Å²) in [6.45, 7) is 0. The predicted octanol–water partition coefficient (Wildman–Crippen LogP) is 5.27. The van der Waals surface area contributed by atoms with Crippen molar-refractivity contribution in [3.05, 3.63) is 84.9 Å².